The van der Waals surface area contributed by atoms with Crippen molar-refractivity contribution in [2.45, 2.75) is 32.1 Å². The van der Waals surface area contributed by atoms with E-state index in [0.717, 1.165) is 11.1 Å². The smallest absolute Gasteiger partial charge is 0.315 e. The summed E-state index contributed by atoms with van der Waals surface area (Å²) in [6, 6.07) is 10.3. The highest BCUT2D eigenvalue weighted by Crippen LogP contribution is 2.32. The zero-order valence-corrected chi connectivity index (χ0v) is 14.0. The molecule has 0 aromatic heterocycles. The average molecular weight is 334 g/mol. The number of carbonyl (C=O) groups is 1. The van der Waals surface area contributed by atoms with Crippen LogP contribution in [-0.4, -0.2) is 18.9 Å². The summed E-state index contributed by atoms with van der Waals surface area (Å²) >= 11 is 0. The molecule has 0 amide bonds. The highest BCUT2D eigenvalue weighted by molar-refractivity contribution is 7.86. The first-order chi connectivity index (χ1) is 10.7. The Kier molecular flexibility index (Phi) is 4.87. The minimum Gasteiger partial charge on any atom is -0.424 e. The van der Waals surface area contributed by atoms with E-state index in [1.807, 2.05) is 6.07 Å². The van der Waals surface area contributed by atoms with E-state index in [4.69, 9.17) is 4.74 Å². The number of ether oxygens (including phenoxy) is 1. The zero-order valence-electron chi connectivity index (χ0n) is 13.2. The minimum absolute atomic E-state index is 0.0120. The van der Waals surface area contributed by atoms with Crippen LogP contribution in [0.25, 0.3) is 0 Å². The molecule has 0 heterocycles. The Balaban J connectivity index is 2.39. The van der Waals surface area contributed by atoms with Crippen molar-refractivity contribution in [1.29, 1.82) is 0 Å². The number of benzene rings is 2. The van der Waals surface area contributed by atoms with Crippen molar-refractivity contribution < 1.29 is 22.5 Å². The van der Waals surface area contributed by atoms with Gasteiger partial charge in [0.1, 0.15) is 4.90 Å². The van der Waals surface area contributed by atoms with E-state index in [1.54, 1.807) is 45.0 Å². The Morgan fingerprint density at radius 2 is 1.70 bits per heavy atom. The summed E-state index contributed by atoms with van der Waals surface area (Å²) in [5.74, 6) is -0.705. The molecule has 2 aromatic rings. The molecule has 0 aliphatic heterocycles. The monoisotopic (exact) mass is 334 g/mol. The van der Waals surface area contributed by atoms with E-state index in [9.17, 15) is 17.8 Å². The van der Waals surface area contributed by atoms with Crippen LogP contribution in [0.5, 0.6) is 5.75 Å². The number of rotatable bonds is 4. The van der Waals surface area contributed by atoms with E-state index < -0.39 is 16.1 Å². The standard InChI is InChI=1S/C17H18O5S/c1-11-9-15(23(19,20)21)17(13(3)12(11)2)22-16(18)10-14-7-5-4-6-8-14/h4-9H,10H2,1-3H3,(H,19,20,21). The largest absolute Gasteiger partial charge is 0.424 e. The van der Waals surface area contributed by atoms with Crippen LogP contribution in [0.1, 0.15) is 22.3 Å². The molecular weight excluding hydrogens is 316 g/mol. The van der Waals surface area contributed by atoms with Gasteiger partial charge in [0.25, 0.3) is 10.1 Å². The Hall–Kier alpha value is -2.18. The summed E-state index contributed by atoms with van der Waals surface area (Å²) < 4.78 is 37.8. The number of hydrogen-bond donors (Lipinski definition) is 1. The lowest BCUT2D eigenvalue weighted by Crippen LogP contribution is -2.15. The van der Waals surface area contributed by atoms with Crippen LogP contribution in [-0.2, 0) is 21.3 Å². The summed E-state index contributed by atoms with van der Waals surface area (Å²) in [6.45, 7) is 5.18. The molecular formula is C17H18O5S. The van der Waals surface area contributed by atoms with Crippen molar-refractivity contribution in [3.63, 3.8) is 0 Å². The molecule has 1 N–H and O–H groups in total. The first kappa shape index (κ1) is 17.2. The third-order valence-corrected chi connectivity index (χ3v) is 4.61. The topological polar surface area (TPSA) is 80.7 Å². The fourth-order valence-corrected chi connectivity index (χ4v) is 3.01. The van der Waals surface area contributed by atoms with Crippen molar-refractivity contribution in [2.24, 2.45) is 0 Å². The quantitative estimate of drug-likeness (QED) is 0.528. The van der Waals surface area contributed by atoms with Crippen LogP contribution in [0, 0.1) is 20.8 Å². The second-order valence-electron chi connectivity index (χ2n) is 5.38. The van der Waals surface area contributed by atoms with Crippen molar-refractivity contribution in [1.82, 2.24) is 0 Å². The Bertz CT molecular complexity index is 839. The normalized spacial score (nSPS) is 11.3. The van der Waals surface area contributed by atoms with E-state index >= 15 is 0 Å². The molecule has 5 nitrogen and oxygen atoms in total. The molecule has 6 heteroatoms. The first-order valence-electron chi connectivity index (χ1n) is 7.03. The van der Waals surface area contributed by atoms with Gasteiger partial charge in [0.05, 0.1) is 6.42 Å². The van der Waals surface area contributed by atoms with Gasteiger partial charge in [0, 0.05) is 0 Å². The van der Waals surface area contributed by atoms with Gasteiger partial charge in [-0.3, -0.25) is 9.35 Å². The maximum atomic E-state index is 12.1. The molecule has 0 spiro atoms. The summed E-state index contributed by atoms with van der Waals surface area (Å²) in [5.41, 5.74) is 2.77. The summed E-state index contributed by atoms with van der Waals surface area (Å²) in [5, 5.41) is 0. The van der Waals surface area contributed by atoms with Gasteiger partial charge in [-0.05, 0) is 49.1 Å². The second-order valence-corrected chi connectivity index (χ2v) is 6.77. The third-order valence-electron chi connectivity index (χ3n) is 3.75. The molecule has 122 valence electrons. The van der Waals surface area contributed by atoms with Crippen molar-refractivity contribution in [3.8, 4) is 5.75 Å². The van der Waals surface area contributed by atoms with Crippen LogP contribution in [0.3, 0.4) is 0 Å². The van der Waals surface area contributed by atoms with Gasteiger partial charge < -0.3 is 4.74 Å². The van der Waals surface area contributed by atoms with Gasteiger partial charge in [0.2, 0.25) is 0 Å². The molecule has 0 bridgehead atoms. The van der Waals surface area contributed by atoms with Crippen molar-refractivity contribution >= 4 is 16.1 Å². The SMILES string of the molecule is Cc1cc(S(=O)(=O)O)c(OC(=O)Cc2ccccc2)c(C)c1C. The Labute approximate surface area is 135 Å². The fraction of sp³-hybridized carbons (Fsp3) is 0.235. The van der Waals surface area contributed by atoms with Crippen LogP contribution in [0.15, 0.2) is 41.3 Å². The van der Waals surface area contributed by atoms with Gasteiger partial charge >= 0.3 is 5.97 Å². The highest BCUT2D eigenvalue weighted by Gasteiger charge is 2.23. The molecule has 0 unspecified atom stereocenters. The highest BCUT2D eigenvalue weighted by atomic mass is 32.2. The maximum Gasteiger partial charge on any atom is 0.315 e. The predicted octanol–water partition coefficient (Wildman–Crippen LogP) is 3.01. The Morgan fingerprint density at radius 3 is 2.26 bits per heavy atom. The molecule has 0 aliphatic rings. The Morgan fingerprint density at radius 1 is 1.09 bits per heavy atom. The maximum absolute atomic E-state index is 12.1. The van der Waals surface area contributed by atoms with Crippen LogP contribution < -0.4 is 4.74 Å². The zero-order chi connectivity index (χ0) is 17.2. The lowest BCUT2D eigenvalue weighted by atomic mass is 10.0. The molecule has 0 saturated carbocycles. The average Bonchev–Trinajstić information content (AvgIpc) is 2.47. The predicted molar refractivity (Wildman–Crippen MR) is 86.2 cm³/mol. The van der Waals surface area contributed by atoms with Gasteiger partial charge in [-0.25, -0.2) is 0 Å². The molecule has 2 aromatic carbocycles. The van der Waals surface area contributed by atoms with Gasteiger partial charge in [-0.2, -0.15) is 8.42 Å². The number of carbonyl (C=O) groups excluding carboxylic acids is 1. The molecule has 0 fully saturated rings. The summed E-state index contributed by atoms with van der Waals surface area (Å²) in [7, 11) is -4.49. The van der Waals surface area contributed by atoms with Crippen LogP contribution >= 0.6 is 0 Å². The number of aryl methyl sites for hydroxylation is 1. The minimum atomic E-state index is -4.49. The molecule has 0 radical (unpaired) electrons. The number of esters is 1. The summed E-state index contributed by atoms with van der Waals surface area (Å²) in [6.07, 6.45) is 0.0120. The van der Waals surface area contributed by atoms with Crippen molar-refractivity contribution in [3.05, 3.63) is 58.7 Å². The van der Waals surface area contributed by atoms with Gasteiger partial charge in [0.15, 0.2) is 5.75 Å². The van der Waals surface area contributed by atoms with Crippen molar-refractivity contribution in [2.75, 3.05) is 0 Å². The first-order valence-corrected chi connectivity index (χ1v) is 8.47. The van der Waals surface area contributed by atoms with E-state index in [2.05, 4.69) is 0 Å². The molecule has 2 rings (SSSR count). The lowest BCUT2D eigenvalue weighted by molar-refractivity contribution is -0.133. The summed E-state index contributed by atoms with van der Waals surface area (Å²) in [4.78, 5) is 11.7. The van der Waals surface area contributed by atoms with E-state index in [-0.39, 0.29) is 17.1 Å². The third kappa shape index (κ3) is 3.97. The number of hydrogen-bond acceptors (Lipinski definition) is 4. The molecule has 0 aliphatic carbocycles. The van der Waals surface area contributed by atoms with E-state index in [1.165, 1.54) is 6.07 Å². The van der Waals surface area contributed by atoms with Crippen LogP contribution in [0.2, 0.25) is 0 Å². The molecule has 0 atom stereocenters. The van der Waals surface area contributed by atoms with E-state index in [0.29, 0.717) is 11.1 Å². The van der Waals surface area contributed by atoms with Gasteiger partial charge in [-0.1, -0.05) is 30.3 Å². The van der Waals surface area contributed by atoms with Gasteiger partial charge in [-0.15, -0.1) is 0 Å². The molecule has 0 saturated heterocycles. The van der Waals surface area contributed by atoms with Crippen LogP contribution in [0.4, 0.5) is 0 Å². The lowest BCUT2D eigenvalue weighted by Gasteiger charge is -2.15. The molecule has 23 heavy (non-hydrogen) atoms. The fourth-order valence-electron chi connectivity index (χ4n) is 2.25. The second kappa shape index (κ2) is 6.52.